The van der Waals surface area contributed by atoms with Gasteiger partial charge in [-0.15, -0.1) is 0 Å². The van der Waals surface area contributed by atoms with E-state index < -0.39 is 7.60 Å². The lowest BCUT2D eigenvalue weighted by Gasteiger charge is -2.34. The van der Waals surface area contributed by atoms with Gasteiger partial charge in [0.25, 0.3) is 5.91 Å². The normalized spacial score (nSPS) is 18.7. The highest BCUT2D eigenvalue weighted by atomic mass is 31.2. The summed E-state index contributed by atoms with van der Waals surface area (Å²) < 4.78 is 16.2. The monoisotopic (exact) mass is 370 g/mol. The van der Waals surface area contributed by atoms with E-state index in [0.717, 1.165) is 12.8 Å². The maximum atomic E-state index is 12.3. The van der Waals surface area contributed by atoms with Crippen LogP contribution in [-0.4, -0.2) is 58.6 Å². The van der Waals surface area contributed by atoms with Gasteiger partial charge in [0.05, 0.1) is 19.0 Å². The molecule has 0 bridgehead atoms. The number of carbonyl (C=O) groups excluding carboxylic acids is 1. The average molecular weight is 370 g/mol. The van der Waals surface area contributed by atoms with E-state index in [0.29, 0.717) is 49.6 Å². The summed E-state index contributed by atoms with van der Waals surface area (Å²) in [5.41, 5.74) is 1.22. The van der Waals surface area contributed by atoms with Crippen LogP contribution in [0.1, 0.15) is 35.3 Å². The number of nitrogens with zero attached hydrogens (tertiary/aromatic N) is 3. The number of amides is 1. The molecule has 1 aromatic heterocycles. The molecule has 1 saturated heterocycles. The molecule has 0 aromatic carbocycles. The Hall–Kier alpha value is -1.70. The number of fused-ring (bicyclic) bond motifs is 1. The van der Waals surface area contributed by atoms with Crippen molar-refractivity contribution in [2.24, 2.45) is 5.92 Å². The molecule has 1 amide bonds. The molecule has 10 heteroatoms. The SMILES string of the molecule is COc1nc2c(c(N3CCC(CCP(=O)(O)O)CC3)n1)C(=O)NCC2. The van der Waals surface area contributed by atoms with Crippen LogP contribution in [-0.2, 0) is 11.0 Å². The average Bonchev–Trinajstić information content (AvgIpc) is 2.59. The van der Waals surface area contributed by atoms with Crippen molar-refractivity contribution < 1.29 is 23.9 Å². The zero-order valence-corrected chi connectivity index (χ0v) is 15.0. The quantitative estimate of drug-likeness (QED) is 0.642. The van der Waals surface area contributed by atoms with Crippen LogP contribution in [0.2, 0.25) is 0 Å². The zero-order valence-electron chi connectivity index (χ0n) is 14.1. The molecule has 2 aliphatic heterocycles. The van der Waals surface area contributed by atoms with Gasteiger partial charge in [-0.1, -0.05) is 0 Å². The zero-order chi connectivity index (χ0) is 18.0. The van der Waals surface area contributed by atoms with Crippen LogP contribution < -0.4 is 15.0 Å². The van der Waals surface area contributed by atoms with Crippen molar-refractivity contribution in [2.75, 3.05) is 37.8 Å². The lowest BCUT2D eigenvalue weighted by molar-refractivity contribution is 0.0944. The summed E-state index contributed by atoms with van der Waals surface area (Å²) in [5.74, 6) is 0.701. The number of hydrogen-bond acceptors (Lipinski definition) is 6. The number of nitrogens with one attached hydrogen (secondary N) is 1. The van der Waals surface area contributed by atoms with Crippen LogP contribution in [0.5, 0.6) is 6.01 Å². The summed E-state index contributed by atoms with van der Waals surface area (Å²) in [6, 6.07) is 0.257. The van der Waals surface area contributed by atoms with Crippen LogP contribution in [0.25, 0.3) is 0 Å². The number of ether oxygens (including phenoxy) is 1. The highest BCUT2D eigenvalue weighted by Gasteiger charge is 2.30. The largest absolute Gasteiger partial charge is 0.467 e. The third-order valence-corrected chi connectivity index (χ3v) is 5.58. The van der Waals surface area contributed by atoms with Crippen LogP contribution in [0, 0.1) is 5.92 Å². The lowest BCUT2D eigenvalue weighted by atomic mass is 9.94. The minimum absolute atomic E-state index is 0.0726. The highest BCUT2D eigenvalue weighted by Crippen LogP contribution is 2.38. The molecular formula is C15H23N4O5P. The smallest absolute Gasteiger partial charge is 0.325 e. The second kappa shape index (κ2) is 7.27. The molecule has 3 heterocycles. The molecule has 1 fully saturated rings. The molecule has 3 rings (SSSR count). The minimum Gasteiger partial charge on any atom is -0.467 e. The molecule has 0 radical (unpaired) electrons. The van der Waals surface area contributed by atoms with Gasteiger partial charge in [-0.25, -0.2) is 0 Å². The second-order valence-corrected chi connectivity index (χ2v) is 8.25. The minimum atomic E-state index is -3.94. The molecule has 25 heavy (non-hydrogen) atoms. The fraction of sp³-hybridized carbons (Fsp3) is 0.667. The Balaban J connectivity index is 1.75. The molecule has 3 N–H and O–H groups in total. The number of piperidine rings is 1. The van der Waals surface area contributed by atoms with Gasteiger partial charge in [0.2, 0.25) is 0 Å². The van der Waals surface area contributed by atoms with Crippen molar-refractivity contribution >= 4 is 19.3 Å². The third-order valence-electron chi connectivity index (χ3n) is 4.74. The summed E-state index contributed by atoms with van der Waals surface area (Å²) in [6.07, 6.45) is 2.71. The molecule has 2 aliphatic rings. The summed E-state index contributed by atoms with van der Waals surface area (Å²) in [4.78, 5) is 41.1. The summed E-state index contributed by atoms with van der Waals surface area (Å²) in [5, 5.41) is 2.83. The number of carbonyl (C=O) groups is 1. The number of methoxy groups -OCH3 is 1. The molecule has 138 valence electrons. The van der Waals surface area contributed by atoms with E-state index in [4.69, 9.17) is 14.5 Å². The van der Waals surface area contributed by atoms with Gasteiger partial charge in [0, 0.05) is 26.1 Å². The maximum absolute atomic E-state index is 12.3. The van der Waals surface area contributed by atoms with Gasteiger partial charge in [-0.2, -0.15) is 9.97 Å². The third kappa shape index (κ3) is 4.29. The molecule has 0 unspecified atom stereocenters. The predicted octanol–water partition coefficient (Wildman–Crippen LogP) is 0.555. The van der Waals surface area contributed by atoms with Gasteiger partial charge in [-0.3, -0.25) is 9.36 Å². The lowest BCUT2D eigenvalue weighted by Crippen LogP contribution is -2.39. The Kier molecular flexibility index (Phi) is 5.27. The van der Waals surface area contributed by atoms with E-state index in [1.165, 1.54) is 7.11 Å². The molecule has 0 spiro atoms. The van der Waals surface area contributed by atoms with Crippen molar-refractivity contribution in [3.8, 4) is 6.01 Å². The van der Waals surface area contributed by atoms with Gasteiger partial charge >= 0.3 is 13.6 Å². The second-order valence-electron chi connectivity index (χ2n) is 6.47. The molecule has 1 aromatic rings. The molecule has 0 atom stereocenters. The Morgan fingerprint density at radius 3 is 2.68 bits per heavy atom. The Morgan fingerprint density at radius 2 is 2.04 bits per heavy atom. The summed E-state index contributed by atoms with van der Waals surface area (Å²) in [6.45, 7) is 1.92. The van der Waals surface area contributed by atoms with E-state index in [1.54, 1.807) is 0 Å². The van der Waals surface area contributed by atoms with Crippen LogP contribution in [0.4, 0.5) is 5.82 Å². The Labute approximate surface area is 146 Å². The van der Waals surface area contributed by atoms with Crippen molar-refractivity contribution in [1.29, 1.82) is 0 Å². The van der Waals surface area contributed by atoms with Crippen molar-refractivity contribution in [1.82, 2.24) is 15.3 Å². The van der Waals surface area contributed by atoms with Crippen LogP contribution in [0.3, 0.4) is 0 Å². The first kappa shape index (κ1) is 18.1. The fourth-order valence-corrected chi connectivity index (χ4v) is 4.07. The molecule has 0 saturated carbocycles. The van der Waals surface area contributed by atoms with Crippen molar-refractivity contribution in [3.05, 3.63) is 11.3 Å². The number of anilines is 1. The fourth-order valence-electron chi connectivity index (χ4n) is 3.37. The van der Waals surface area contributed by atoms with Gasteiger partial charge in [-0.05, 0) is 25.2 Å². The van der Waals surface area contributed by atoms with E-state index in [2.05, 4.69) is 15.3 Å². The maximum Gasteiger partial charge on any atom is 0.325 e. The van der Waals surface area contributed by atoms with Crippen LogP contribution in [0.15, 0.2) is 0 Å². The first-order chi connectivity index (χ1) is 11.9. The number of rotatable bonds is 5. The van der Waals surface area contributed by atoms with Crippen LogP contribution >= 0.6 is 7.60 Å². The number of aromatic nitrogens is 2. The summed E-state index contributed by atoms with van der Waals surface area (Å²) in [7, 11) is -2.44. The first-order valence-electron chi connectivity index (χ1n) is 8.40. The standard InChI is InChI=1S/C15H23N4O5P/c1-24-15-17-11-2-6-16-14(20)12(11)13(18-15)19-7-3-10(4-8-19)5-9-25(21,22)23/h10H,2-9H2,1H3,(H,16,20)(H2,21,22,23). The van der Waals surface area contributed by atoms with Gasteiger partial charge in [0.1, 0.15) is 11.4 Å². The molecule has 0 aliphatic carbocycles. The molecule has 9 nitrogen and oxygen atoms in total. The van der Waals surface area contributed by atoms with E-state index in [1.807, 2.05) is 4.90 Å². The summed E-state index contributed by atoms with van der Waals surface area (Å²) >= 11 is 0. The number of hydrogen-bond donors (Lipinski definition) is 3. The van der Waals surface area contributed by atoms with E-state index in [-0.39, 0.29) is 24.0 Å². The first-order valence-corrected chi connectivity index (χ1v) is 10.2. The Morgan fingerprint density at radius 1 is 1.32 bits per heavy atom. The predicted molar refractivity (Wildman–Crippen MR) is 91.1 cm³/mol. The topological polar surface area (TPSA) is 125 Å². The molecular weight excluding hydrogens is 347 g/mol. The van der Waals surface area contributed by atoms with Crippen molar-refractivity contribution in [2.45, 2.75) is 25.7 Å². The van der Waals surface area contributed by atoms with Gasteiger partial charge < -0.3 is 24.7 Å². The van der Waals surface area contributed by atoms with Crippen molar-refractivity contribution in [3.63, 3.8) is 0 Å². The van der Waals surface area contributed by atoms with Gasteiger partial charge in [0.15, 0.2) is 0 Å². The van der Waals surface area contributed by atoms with E-state index >= 15 is 0 Å². The highest BCUT2D eigenvalue weighted by molar-refractivity contribution is 7.51. The van der Waals surface area contributed by atoms with E-state index in [9.17, 15) is 9.36 Å². The Bertz CT molecular complexity index is 699.